The highest BCUT2D eigenvalue weighted by atomic mass is 16.5. The number of carbonyl (C=O) groups is 1. The maximum absolute atomic E-state index is 11.4. The number of benzene rings is 1. The van der Waals surface area contributed by atoms with Crippen molar-refractivity contribution in [2.75, 3.05) is 7.11 Å². The Hall–Kier alpha value is -2.89. The van der Waals surface area contributed by atoms with E-state index in [9.17, 15) is 4.79 Å². The van der Waals surface area contributed by atoms with Crippen molar-refractivity contribution in [3.8, 4) is 17.3 Å². The van der Waals surface area contributed by atoms with Crippen LogP contribution in [-0.4, -0.2) is 32.6 Å². The fourth-order valence-electron chi connectivity index (χ4n) is 1.95. The number of rotatable bonds is 3. The SMILES string of the molecule is COC(=O)c1ccc(-c2nccn2-c2ncc[nH]2)cc1. The first kappa shape index (κ1) is 12.2. The zero-order chi connectivity index (χ0) is 13.9. The summed E-state index contributed by atoms with van der Waals surface area (Å²) in [6.07, 6.45) is 6.95. The Bertz CT molecular complexity index is 714. The largest absolute Gasteiger partial charge is 0.465 e. The normalized spacial score (nSPS) is 10.4. The van der Waals surface area contributed by atoms with E-state index >= 15 is 0 Å². The molecule has 0 unspecified atom stereocenters. The van der Waals surface area contributed by atoms with Gasteiger partial charge in [-0.3, -0.25) is 4.57 Å². The Labute approximate surface area is 115 Å². The van der Waals surface area contributed by atoms with Gasteiger partial charge in [0.05, 0.1) is 12.7 Å². The molecule has 6 heteroatoms. The third kappa shape index (κ3) is 2.07. The van der Waals surface area contributed by atoms with E-state index in [0.717, 1.165) is 11.4 Å². The molecular weight excluding hydrogens is 256 g/mol. The summed E-state index contributed by atoms with van der Waals surface area (Å²) in [6, 6.07) is 7.08. The number of hydrogen-bond donors (Lipinski definition) is 1. The Morgan fingerprint density at radius 2 is 2.00 bits per heavy atom. The highest BCUT2D eigenvalue weighted by Crippen LogP contribution is 2.20. The van der Waals surface area contributed by atoms with Gasteiger partial charge in [0.15, 0.2) is 0 Å². The van der Waals surface area contributed by atoms with Crippen LogP contribution in [0.4, 0.5) is 0 Å². The molecular formula is C14H12N4O2. The van der Waals surface area contributed by atoms with Gasteiger partial charge in [0.2, 0.25) is 5.95 Å². The van der Waals surface area contributed by atoms with E-state index < -0.39 is 0 Å². The lowest BCUT2D eigenvalue weighted by Gasteiger charge is -2.05. The summed E-state index contributed by atoms with van der Waals surface area (Å²) in [4.78, 5) is 23.0. The van der Waals surface area contributed by atoms with Crippen molar-refractivity contribution in [2.24, 2.45) is 0 Å². The average Bonchev–Trinajstić information content (AvgIpc) is 3.16. The van der Waals surface area contributed by atoms with E-state index in [-0.39, 0.29) is 5.97 Å². The van der Waals surface area contributed by atoms with Crippen LogP contribution in [0.2, 0.25) is 0 Å². The van der Waals surface area contributed by atoms with E-state index in [2.05, 4.69) is 19.7 Å². The van der Waals surface area contributed by atoms with Gasteiger partial charge >= 0.3 is 5.97 Å². The minimum Gasteiger partial charge on any atom is -0.465 e. The number of aromatic nitrogens is 4. The third-order valence-electron chi connectivity index (χ3n) is 2.92. The Morgan fingerprint density at radius 1 is 1.20 bits per heavy atom. The van der Waals surface area contributed by atoms with Crippen molar-refractivity contribution < 1.29 is 9.53 Å². The van der Waals surface area contributed by atoms with Crippen LogP contribution in [0.25, 0.3) is 17.3 Å². The van der Waals surface area contributed by atoms with Crippen LogP contribution in [0.5, 0.6) is 0 Å². The van der Waals surface area contributed by atoms with Crippen LogP contribution in [0, 0.1) is 0 Å². The molecule has 0 bridgehead atoms. The summed E-state index contributed by atoms with van der Waals surface area (Å²) in [7, 11) is 1.36. The molecule has 3 rings (SSSR count). The van der Waals surface area contributed by atoms with Gasteiger partial charge < -0.3 is 9.72 Å². The van der Waals surface area contributed by atoms with Gasteiger partial charge in [0.1, 0.15) is 5.82 Å². The number of H-pyrrole nitrogens is 1. The van der Waals surface area contributed by atoms with E-state index in [4.69, 9.17) is 0 Å². The average molecular weight is 268 g/mol. The molecule has 0 fully saturated rings. The lowest BCUT2D eigenvalue weighted by molar-refractivity contribution is 0.0601. The number of ether oxygens (including phenoxy) is 1. The van der Waals surface area contributed by atoms with Gasteiger partial charge in [-0.25, -0.2) is 14.8 Å². The number of nitrogens with zero attached hydrogens (tertiary/aromatic N) is 3. The van der Waals surface area contributed by atoms with E-state index in [1.807, 2.05) is 22.9 Å². The van der Waals surface area contributed by atoms with Gasteiger partial charge in [0, 0.05) is 30.4 Å². The monoisotopic (exact) mass is 268 g/mol. The zero-order valence-corrected chi connectivity index (χ0v) is 10.8. The van der Waals surface area contributed by atoms with Gasteiger partial charge in [-0.2, -0.15) is 0 Å². The van der Waals surface area contributed by atoms with Crippen LogP contribution in [-0.2, 0) is 4.74 Å². The number of aromatic amines is 1. The van der Waals surface area contributed by atoms with Crippen LogP contribution in [0.3, 0.4) is 0 Å². The number of nitrogens with one attached hydrogen (secondary N) is 1. The fraction of sp³-hybridized carbons (Fsp3) is 0.0714. The van der Waals surface area contributed by atoms with Crippen LogP contribution < -0.4 is 0 Å². The quantitative estimate of drug-likeness (QED) is 0.738. The predicted molar refractivity (Wildman–Crippen MR) is 72.5 cm³/mol. The van der Waals surface area contributed by atoms with E-state index in [1.165, 1.54) is 7.11 Å². The third-order valence-corrected chi connectivity index (χ3v) is 2.92. The number of hydrogen-bond acceptors (Lipinski definition) is 4. The fourth-order valence-corrected chi connectivity index (χ4v) is 1.95. The number of esters is 1. The molecule has 6 nitrogen and oxygen atoms in total. The van der Waals surface area contributed by atoms with E-state index in [0.29, 0.717) is 11.5 Å². The molecule has 100 valence electrons. The van der Waals surface area contributed by atoms with Crippen LogP contribution in [0.1, 0.15) is 10.4 Å². The summed E-state index contributed by atoms with van der Waals surface area (Å²) < 4.78 is 6.52. The zero-order valence-electron chi connectivity index (χ0n) is 10.8. The molecule has 0 aliphatic heterocycles. The second-order valence-electron chi connectivity index (χ2n) is 4.10. The number of imidazole rings is 2. The molecule has 2 heterocycles. The van der Waals surface area contributed by atoms with Crippen molar-refractivity contribution in [1.82, 2.24) is 19.5 Å². The minimum absolute atomic E-state index is 0.356. The Morgan fingerprint density at radius 3 is 2.65 bits per heavy atom. The summed E-state index contributed by atoms with van der Waals surface area (Å²) in [5.74, 6) is 1.08. The summed E-state index contributed by atoms with van der Waals surface area (Å²) in [6.45, 7) is 0. The van der Waals surface area contributed by atoms with E-state index in [1.54, 1.807) is 30.7 Å². The first-order valence-electron chi connectivity index (χ1n) is 6.01. The van der Waals surface area contributed by atoms with Gasteiger partial charge in [-0.1, -0.05) is 12.1 Å². The number of methoxy groups -OCH3 is 1. The summed E-state index contributed by atoms with van der Waals surface area (Å²) >= 11 is 0. The first-order chi connectivity index (χ1) is 9.79. The van der Waals surface area contributed by atoms with Gasteiger partial charge in [-0.15, -0.1) is 0 Å². The van der Waals surface area contributed by atoms with Crippen LogP contribution >= 0.6 is 0 Å². The number of carbonyl (C=O) groups excluding carboxylic acids is 1. The molecule has 0 aliphatic carbocycles. The molecule has 0 atom stereocenters. The first-order valence-corrected chi connectivity index (χ1v) is 6.01. The Kier molecular flexibility index (Phi) is 3.04. The molecule has 0 radical (unpaired) electrons. The summed E-state index contributed by atoms with van der Waals surface area (Å²) in [5.41, 5.74) is 1.39. The van der Waals surface area contributed by atoms with Crippen molar-refractivity contribution in [1.29, 1.82) is 0 Å². The molecule has 1 N–H and O–H groups in total. The van der Waals surface area contributed by atoms with Crippen molar-refractivity contribution in [2.45, 2.75) is 0 Å². The molecule has 0 aliphatic rings. The van der Waals surface area contributed by atoms with Gasteiger partial charge in [-0.05, 0) is 12.1 Å². The van der Waals surface area contributed by atoms with Gasteiger partial charge in [0.25, 0.3) is 0 Å². The maximum atomic E-state index is 11.4. The molecule has 1 aromatic carbocycles. The van der Waals surface area contributed by atoms with Crippen molar-refractivity contribution in [3.63, 3.8) is 0 Å². The second-order valence-corrected chi connectivity index (χ2v) is 4.10. The lowest BCUT2D eigenvalue weighted by Crippen LogP contribution is -2.01. The van der Waals surface area contributed by atoms with Crippen molar-refractivity contribution in [3.05, 3.63) is 54.6 Å². The Balaban J connectivity index is 1.98. The molecule has 0 spiro atoms. The maximum Gasteiger partial charge on any atom is 0.337 e. The highest BCUT2D eigenvalue weighted by Gasteiger charge is 2.10. The molecule has 20 heavy (non-hydrogen) atoms. The van der Waals surface area contributed by atoms with Crippen molar-refractivity contribution >= 4 is 5.97 Å². The summed E-state index contributed by atoms with van der Waals surface area (Å²) in [5, 5.41) is 0. The second kappa shape index (κ2) is 5.00. The molecule has 0 amide bonds. The molecule has 0 saturated heterocycles. The van der Waals surface area contributed by atoms with Crippen LogP contribution in [0.15, 0.2) is 49.1 Å². The predicted octanol–water partition coefficient (Wildman–Crippen LogP) is 2.05. The minimum atomic E-state index is -0.356. The standard InChI is InChI=1S/C14H12N4O2/c1-20-13(19)11-4-2-10(3-5-11)12-15-8-9-18(12)14-16-6-7-17-14/h2-9H,1H3,(H,16,17). The topological polar surface area (TPSA) is 72.8 Å². The highest BCUT2D eigenvalue weighted by molar-refractivity contribution is 5.89. The smallest absolute Gasteiger partial charge is 0.337 e. The molecule has 2 aromatic heterocycles. The molecule has 3 aromatic rings. The lowest BCUT2D eigenvalue weighted by atomic mass is 10.1. The molecule has 0 saturated carbocycles.